The van der Waals surface area contributed by atoms with E-state index in [1.165, 1.54) is 19.3 Å². The number of nitrogens with zero attached hydrogens (tertiary/aromatic N) is 2. The van der Waals surface area contributed by atoms with Crippen molar-refractivity contribution in [2.24, 2.45) is 4.99 Å². The fourth-order valence-electron chi connectivity index (χ4n) is 4.23. The summed E-state index contributed by atoms with van der Waals surface area (Å²) in [6, 6.07) is 8.48. The minimum atomic E-state index is -2.26. The quantitative estimate of drug-likeness (QED) is 0.278. The van der Waals surface area contributed by atoms with E-state index in [9.17, 15) is 8.78 Å². The van der Waals surface area contributed by atoms with E-state index in [4.69, 9.17) is 9.73 Å². The lowest BCUT2D eigenvalue weighted by molar-refractivity contribution is 0.0744. The molecule has 0 radical (unpaired) electrons. The number of rotatable bonds is 8. The zero-order valence-electron chi connectivity index (χ0n) is 18.5. The molecule has 0 bridgehead atoms. The van der Waals surface area contributed by atoms with Crippen molar-refractivity contribution in [2.45, 2.75) is 77.0 Å². The molecule has 0 amide bonds. The average Bonchev–Trinajstić information content (AvgIpc) is 2.74. The standard InChI is InChI=1S/C23H36F2N4O.HI/c1-2-26-23(28-19-11-13-29(14-12-19)17-22(24)25)27-16-18-7-6-10-21(15-18)30-20-8-4-3-5-9-20;/h6-7,10,15,19-20,22H,2-5,8-9,11-14,16-17H2,1H3,(H2,26,27,28);1H. The Balaban J connectivity index is 0.00000341. The van der Waals surface area contributed by atoms with Gasteiger partial charge in [0.25, 0.3) is 6.43 Å². The highest BCUT2D eigenvalue weighted by molar-refractivity contribution is 14.0. The van der Waals surface area contributed by atoms with Crippen molar-refractivity contribution in [3.63, 3.8) is 0 Å². The van der Waals surface area contributed by atoms with Gasteiger partial charge in [0.15, 0.2) is 5.96 Å². The number of guanidine groups is 1. The smallest absolute Gasteiger partial charge is 0.251 e. The largest absolute Gasteiger partial charge is 0.490 e. The van der Waals surface area contributed by atoms with Crippen LogP contribution in [0.5, 0.6) is 5.75 Å². The molecule has 1 aromatic rings. The SMILES string of the molecule is CCNC(=NCc1cccc(OC2CCCCC2)c1)NC1CCN(CC(F)F)CC1.I. The number of benzene rings is 1. The van der Waals surface area contributed by atoms with Gasteiger partial charge in [-0.3, -0.25) is 4.90 Å². The van der Waals surface area contributed by atoms with Gasteiger partial charge in [0, 0.05) is 25.7 Å². The number of aliphatic imine (C=N–C) groups is 1. The molecule has 0 spiro atoms. The molecule has 1 saturated carbocycles. The fourth-order valence-corrected chi connectivity index (χ4v) is 4.23. The molecule has 1 aliphatic carbocycles. The van der Waals surface area contributed by atoms with Crippen LogP contribution in [0.3, 0.4) is 0 Å². The third-order valence-corrected chi connectivity index (χ3v) is 5.84. The van der Waals surface area contributed by atoms with Crippen molar-refractivity contribution in [3.05, 3.63) is 29.8 Å². The lowest BCUT2D eigenvalue weighted by atomic mass is 9.98. The van der Waals surface area contributed by atoms with Gasteiger partial charge in [-0.2, -0.15) is 0 Å². The Bertz CT molecular complexity index is 663. The van der Waals surface area contributed by atoms with Gasteiger partial charge in [0.05, 0.1) is 19.2 Å². The molecule has 0 atom stereocenters. The predicted molar refractivity (Wildman–Crippen MR) is 133 cm³/mol. The molecule has 8 heteroatoms. The topological polar surface area (TPSA) is 48.9 Å². The van der Waals surface area contributed by atoms with E-state index in [0.717, 1.165) is 49.5 Å². The summed E-state index contributed by atoms with van der Waals surface area (Å²) in [4.78, 5) is 6.58. The first kappa shape index (κ1) is 26.1. The van der Waals surface area contributed by atoms with E-state index in [1.807, 2.05) is 24.0 Å². The van der Waals surface area contributed by atoms with E-state index in [0.29, 0.717) is 25.7 Å². The number of hydrogen-bond acceptors (Lipinski definition) is 3. The van der Waals surface area contributed by atoms with Crippen molar-refractivity contribution < 1.29 is 13.5 Å². The van der Waals surface area contributed by atoms with Gasteiger partial charge < -0.3 is 15.4 Å². The summed E-state index contributed by atoms with van der Waals surface area (Å²) in [6.07, 6.45) is 5.91. The maximum Gasteiger partial charge on any atom is 0.251 e. The maximum atomic E-state index is 12.6. The van der Waals surface area contributed by atoms with Gasteiger partial charge in [-0.1, -0.05) is 18.6 Å². The lowest BCUT2D eigenvalue weighted by Gasteiger charge is -2.32. The van der Waals surface area contributed by atoms with Crippen molar-refractivity contribution in [1.29, 1.82) is 0 Å². The van der Waals surface area contributed by atoms with Gasteiger partial charge in [-0.15, -0.1) is 24.0 Å². The third-order valence-electron chi connectivity index (χ3n) is 5.84. The molecule has 1 aliphatic heterocycles. The Morgan fingerprint density at radius 1 is 1.16 bits per heavy atom. The first-order chi connectivity index (χ1) is 14.6. The molecule has 2 aliphatic rings. The molecule has 2 fully saturated rings. The molecule has 2 N–H and O–H groups in total. The van der Waals surface area contributed by atoms with Gasteiger partial charge in [0.1, 0.15) is 5.75 Å². The molecule has 176 valence electrons. The highest BCUT2D eigenvalue weighted by atomic mass is 127. The van der Waals surface area contributed by atoms with Crippen LogP contribution in [0.2, 0.25) is 0 Å². The minimum absolute atomic E-state index is 0. The van der Waals surface area contributed by atoms with Crippen LogP contribution in [0.15, 0.2) is 29.3 Å². The summed E-state index contributed by atoms with van der Waals surface area (Å²) in [5, 5.41) is 6.77. The number of ether oxygens (including phenoxy) is 1. The molecule has 0 aromatic heterocycles. The van der Waals surface area contributed by atoms with Crippen molar-refractivity contribution in [3.8, 4) is 5.75 Å². The van der Waals surface area contributed by atoms with Crippen LogP contribution < -0.4 is 15.4 Å². The second kappa shape index (κ2) is 14.1. The second-order valence-electron chi connectivity index (χ2n) is 8.33. The molecule has 1 aromatic carbocycles. The van der Waals surface area contributed by atoms with Crippen LogP contribution in [-0.4, -0.2) is 55.6 Å². The Morgan fingerprint density at radius 2 is 1.90 bits per heavy atom. The minimum Gasteiger partial charge on any atom is -0.490 e. The summed E-state index contributed by atoms with van der Waals surface area (Å²) in [7, 11) is 0. The molecular weight excluding hydrogens is 513 g/mol. The molecular formula is C23H37F2IN4O. The summed E-state index contributed by atoms with van der Waals surface area (Å²) in [5.74, 6) is 1.71. The second-order valence-corrected chi connectivity index (χ2v) is 8.33. The number of halogens is 3. The Morgan fingerprint density at radius 3 is 2.58 bits per heavy atom. The molecule has 3 rings (SSSR count). The fraction of sp³-hybridized carbons (Fsp3) is 0.696. The maximum absolute atomic E-state index is 12.6. The molecule has 31 heavy (non-hydrogen) atoms. The van der Waals surface area contributed by atoms with Crippen molar-refractivity contribution >= 4 is 29.9 Å². The lowest BCUT2D eigenvalue weighted by Crippen LogP contribution is -2.49. The Labute approximate surface area is 202 Å². The highest BCUT2D eigenvalue weighted by Crippen LogP contribution is 2.24. The van der Waals surface area contributed by atoms with Crippen LogP contribution in [-0.2, 0) is 6.54 Å². The van der Waals surface area contributed by atoms with Crippen LogP contribution in [0.1, 0.15) is 57.4 Å². The number of hydrogen-bond donors (Lipinski definition) is 2. The van der Waals surface area contributed by atoms with Gasteiger partial charge in [-0.05, 0) is 63.1 Å². The molecule has 0 unspecified atom stereocenters. The number of nitrogens with one attached hydrogen (secondary N) is 2. The Kier molecular flexibility index (Phi) is 11.9. The van der Waals surface area contributed by atoms with Crippen molar-refractivity contribution in [2.75, 3.05) is 26.2 Å². The highest BCUT2D eigenvalue weighted by Gasteiger charge is 2.22. The van der Waals surface area contributed by atoms with E-state index in [1.54, 1.807) is 0 Å². The summed E-state index contributed by atoms with van der Waals surface area (Å²) >= 11 is 0. The van der Waals surface area contributed by atoms with Gasteiger partial charge in [0.2, 0.25) is 0 Å². The molecule has 1 saturated heterocycles. The Hall–Kier alpha value is -1.16. The summed E-state index contributed by atoms with van der Waals surface area (Å²) in [6.45, 7) is 4.66. The van der Waals surface area contributed by atoms with E-state index in [-0.39, 0.29) is 36.6 Å². The van der Waals surface area contributed by atoms with Crippen LogP contribution in [0.4, 0.5) is 8.78 Å². The van der Waals surface area contributed by atoms with E-state index >= 15 is 0 Å². The van der Waals surface area contributed by atoms with Crippen LogP contribution in [0, 0.1) is 0 Å². The predicted octanol–water partition coefficient (Wildman–Crippen LogP) is 4.80. The molecule has 5 nitrogen and oxygen atoms in total. The zero-order chi connectivity index (χ0) is 21.2. The van der Waals surface area contributed by atoms with Gasteiger partial charge in [-0.25, -0.2) is 13.8 Å². The normalized spacial score (nSPS) is 19.2. The summed E-state index contributed by atoms with van der Waals surface area (Å²) < 4.78 is 31.3. The monoisotopic (exact) mass is 550 g/mol. The van der Waals surface area contributed by atoms with E-state index in [2.05, 4.69) is 22.8 Å². The first-order valence-corrected chi connectivity index (χ1v) is 11.4. The molecule has 1 heterocycles. The average molecular weight is 550 g/mol. The zero-order valence-corrected chi connectivity index (χ0v) is 20.8. The van der Waals surface area contributed by atoms with E-state index < -0.39 is 6.43 Å². The third kappa shape index (κ3) is 9.47. The van der Waals surface area contributed by atoms with Crippen molar-refractivity contribution in [1.82, 2.24) is 15.5 Å². The van der Waals surface area contributed by atoms with Gasteiger partial charge >= 0.3 is 0 Å². The summed E-state index contributed by atoms with van der Waals surface area (Å²) in [5.41, 5.74) is 1.12. The first-order valence-electron chi connectivity index (χ1n) is 11.4. The van der Waals surface area contributed by atoms with Crippen LogP contribution in [0.25, 0.3) is 0 Å². The number of alkyl halides is 2. The number of likely N-dealkylation sites (tertiary alicyclic amines) is 1. The van der Waals surface area contributed by atoms with Crippen LogP contribution >= 0.6 is 24.0 Å². The number of piperidine rings is 1.